The van der Waals surface area contributed by atoms with Gasteiger partial charge in [-0.25, -0.2) is 4.98 Å². The number of aromatic nitrogens is 1. The summed E-state index contributed by atoms with van der Waals surface area (Å²) < 4.78 is 40.5. The first-order valence-corrected chi connectivity index (χ1v) is 9.28. The molecule has 1 atom stereocenters. The number of rotatable bonds is 4. The Labute approximate surface area is 153 Å². The van der Waals surface area contributed by atoms with Gasteiger partial charge in [0.1, 0.15) is 9.88 Å². The number of thiazole rings is 1. The second-order valence-corrected chi connectivity index (χ2v) is 7.22. The Balaban J connectivity index is 1.99. The number of aliphatic hydroxyl groups is 1. The fraction of sp³-hybridized carbons (Fsp3) is 0.444. The molecule has 140 valence electrons. The molecule has 1 aliphatic heterocycles. The van der Waals surface area contributed by atoms with E-state index in [-0.39, 0.29) is 22.5 Å². The summed E-state index contributed by atoms with van der Waals surface area (Å²) in [5.74, 6) is -0.643. The molecule has 1 aromatic carbocycles. The molecule has 0 radical (unpaired) electrons. The van der Waals surface area contributed by atoms with Crippen molar-refractivity contribution >= 4 is 17.2 Å². The zero-order chi connectivity index (χ0) is 18.7. The number of alkyl halides is 3. The molecule has 0 spiro atoms. The molecule has 1 fully saturated rings. The van der Waals surface area contributed by atoms with Gasteiger partial charge in [0.2, 0.25) is 0 Å². The van der Waals surface area contributed by atoms with Gasteiger partial charge in [0.15, 0.2) is 5.69 Å². The SMILES string of the molecule is O=C(c1sc(-c2ccccc2)nc1C(F)(F)F)N1CCCCC1CCO. The summed E-state index contributed by atoms with van der Waals surface area (Å²) in [5.41, 5.74) is -0.577. The van der Waals surface area contributed by atoms with Gasteiger partial charge in [-0.05, 0) is 25.7 Å². The van der Waals surface area contributed by atoms with E-state index in [1.165, 1.54) is 4.90 Å². The highest BCUT2D eigenvalue weighted by Gasteiger charge is 2.41. The van der Waals surface area contributed by atoms with E-state index in [4.69, 9.17) is 0 Å². The van der Waals surface area contributed by atoms with Crippen molar-refractivity contribution in [2.75, 3.05) is 13.2 Å². The van der Waals surface area contributed by atoms with Crippen LogP contribution in [0.15, 0.2) is 30.3 Å². The molecule has 26 heavy (non-hydrogen) atoms. The summed E-state index contributed by atoms with van der Waals surface area (Å²) in [7, 11) is 0. The second-order valence-electron chi connectivity index (χ2n) is 6.22. The molecule has 1 unspecified atom stereocenters. The highest BCUT2D eigenvalue weighted by atomic mass is 32.1. The minimum Gasteiger partial charge on any atom is -0.396 e. The molecule has 1 N–H and O–H groups in total. The molecule has 3 rings (SSSR count). The molecule has 0 aliphatic carbocycles. The number of aliphatic hydroxyl groups excluding tert-OH is 1. The van der Waals surface area contributed by atoms with Crippen molar-refractivity contribution in [3.8, 4) is 10.6 Å². The summed E-state index contributed by atoms with van der Waals surface area (Å²) in [5, 5.41) is 9.38. The second kappa shape index (κ2) is 7.75. The van der Waals surface area contributed by atoms with Crippen LogP contribution in [0.3, 0.4) is 0 Å². The van der Waals surface area contributed by atoms with Crippen molar-refractivity contribution < 1.29 is 23.1 Å². The predicted octanol–water partition coefficient (Wildman–Crippen LogP) is 4.21. The highest BCUT2D eigenvalue weighted by molar-refractivity contribution is 7.17. The number of carbonyl (C=O) groups excluding carboxylic acids is 1. The maximum atomic E-state index is 13.5. The number of amides is 1. The van der Waals surface area contributed by atoms with Crippen LogP contribution in [0.2, 0.25) is 0 Å². The normalized spacial score (nSPS) is 18.2. The van der Waals surface area contributed by atoms with Gasteiger partial charge in [0.05, 0.1) is 0 Å². The molecule has 0 bridgehead atoms. The van der Waals surface area contributed by atoms with Gasteiger partial charge in [-0.15, -0.1) is 11.3 Å². The third-order valence-electron chi connectivity index (χ3n) is 4.46. The quantitative estimate of drug-likeness (QED) is 0.859. The Morgan fingerprint density at radius 2 is 2.00 bits per heavy atom. The number of hydrogen-bond acceptors (Lipinski definition) is 4. The third kappa shape index (κ3) is 3.91. The maximum absolute atomic E-state index is 13.5. The number of piperidine rings is 1. The van der Waals surface area contributed by atoms with E-state index in [0.717, 1.165) is 24.2 Å². The molecule has 1 saturated heterocycles. The van der Waals surface area contributed by atoms with E-state index in [1.807, 2.05) is 0 Å². The first-order chi connectivity index (χ1) is 12.4. The maximum Gasteiger partial charge on any atom is 0.435 e. The lowest BCUT2D eigenvalue weighted by Gasteiger charge is -2.35. The van der Waals surface area contributed by atoms with Gasteiger partial charge in [-0.3, -0.25) is 4.79 Å². The van der Waals surface area contributed by atoms with Crippen LogP contribution in [-0.2, 0) is 6.18 Å². The Hall–Kier alpha value is -1.93. The van der Waals surface area contributed by atoms with E-state index in [1.54, 1.807) is 30.3 Å². The summed E-state index contributed by atoms with van der Waals surface area (Å²) in [6, 6.07) is 8.30. The number of benzene rings is 1. The van der Waals surface area contributed by atoms with E-state index >= 15 is 0 Å². The molecule has 4 nitrogen and oxygen atoms in total. The van der Waals surface area contributed by atoms with Crippen LogP contribution in [-0.4, -0.2) is 40.1 Å². The minimum atomic E-state index is -4.70. The lowest BCUT2D eigenvalue weighted by Crippen LogP contribution is -2.44. The fourth-order valence-electron chi connectivity index (χ4n) is 3.21. The van der Waals surface area contributed by atoms with Gasteiger partial charge < -0.3 is 10.0 Å². The first-order valence-electron chi connectivity index (χ1n) is 8.47. The Kier molecular flexibility index (Phi) is 5.62. The summed E-state index contributed by atoms with van der Waals surface area (Å²) >= 11 is 0.777. The Morgan fingerprint density at radius 3 is 2.65 bits per heavy atom. The standard InChI is InChI=1S/C18H19F3N2O2S/c19-18(20,21)15-14(26-16(22-15)12-6-2-1-3-7-12)17(25)23-10-5-4-8-13(23)9-11-24/h1-3,6-7,13,24H,4-5,8-11H2. The number of hydrogen-bond donors (Lipinski definition) is 1. The van der Waals surface area contributed by atoms with Gasteiger partial charge in [0.25, 0.3) is 5.91 Å². The third-order valence-corrected chi connectivity index (χ3v) is 5.55. The fourth-order valence-corrected chi connectivity index (χ4v) is 4.26. The molecule has 0 saturated carbocycles. The van der Waals surface area contributed by atoms with Crippen LogP contribution in [0, 0.1) is 0 Å². The Morgan fingerprint density at radius 1 is 1.27 bits per heavy atom. The van der Waals surface area contributed by atoms with Gasteiger partial charge in [-0.1, -0.05) is 30.3 Å². The largest absolute Gasteiger partial charge is 0.435 e. The monoisotopic (exact) mass is 384 g/mol. The minimum absolute atomic E-state index is 0.0987. The molecule has 1 aromatic heterocycles. The van der Waals surface area contributed by atoms with Gasteiger partial charge in [0, 0.05) is 24.8 Å². The number of nitrogens with zero attached hydrogens (tertiary/aromatic N) is 2. The molecular formula is C18H19F3N2O2S. The van der Waals surface area contributed by atoms with Gasteiger partial charge in [-0.2, -0.15) is 13.2 Å². The number of carbonyl (C=O) groups is 1. The lowest BCUT2D eigenvalue weighted by atomic mass is 9.99. The van der Waals surface area contributed by atoms with Crippen LogP contribution in [0.5, 0.6) is 0 Å². The van der Waals surface area contributed by atoms with Crippen molar-refractivity contribution in [2.24, 2.45) is 0 Å². The van der Waals surface area contributed by atoms with Crippen molar-refractivity contribution in [1.29, 1.82) is 0 Å². The van der Waals surface area contributed by atoms with E-state index in [9.17, 15) is 23.1 Å². The van der Waals surface area contributed by atoms with Crippen LogP contribution in [0.1, 0.15) is 41.0 Å². The van der Waals surface area contributed by atoms with Crippen molar-refractivity contribution in [3.05, 3.63) is 40.9 Å². The average molecular weight is 384 g/mol. The van der Waals surface area contributed by atoms with Gasteiger partial charge >= 0.3 is 6.18 Å². The van der Waals surface area contributed by atoms with Crippen LogP contribution >= 0.6 is 11.3 Å². The van der Waals surface area contributed by atoms with E-state index in [0.29, 0.717) is 24.9 Å². The van der Waals surface area contributed by atoms with Crippen molar-refractivity contribution in [2.45, 2.75) is 37.9 Å². The first kappa shape index (κ1) is 18.8. The smallest absolute Gasteiger partial charge is 0.396 e. The molecule has 1 amide bonds. The zero-order valence-corrected chi connectivity index (χ0v) is 14.8. The highest BCUT2D eigenvalue weighted by Crippen LogP contribution is 2.39. The topological polar surface area (TPSA) is 53.4 Å². The Bertz CT molecular complexity index is 760. The van der Waals surface area contributed by atoms with Crippen LogP contribution in [0.4, 0.5) is 13.2 Å². The molecule has 8 heteroatoms. The van der Waals surface area contributed by atoms with Crippen LogP contribution in [0.25, 0.3) is 10.6 Å². The average Bonchev–Trinajstić information content (AvgIpc) is 3.08. The number of halogens is 3. The summed E-state index contributed by atoms with van der Waals surface area (Å²) in [6.45, 7) is 0.303. The number of likely N-dealkylation sites (tertiary alicyclic amines) is 1. The molecule has 2 aromatic rings. The zero-order valence-electron chi connectivity index (χ0n) is 14.0. The molecule has 1 aliphatic rings. The van der Waals surface area contributed by atoms with Crippen molar-refractivity contribution in [3.63, 3.8) is 0 Å². The molecular weight excluding hydrogens is 365 g/mol. The summed E-state index contributed by atoms with van der Waals surface area (Å²) in [6.07, 6.45) is -1.98. The lowest BCUT2D eigenvalue weighted by molar-refractivity contribution is -0.141. The molecule has 2 heterocycles. The van der Waals surface area contributed by atoms with E-state index < -0.39 is 17.8 Å². The predicted molar refractivity (Wildman–Crippen MR) is 92.9 cm³/mol. The van der Waals surface area contributed by atoms with Crippen LogP contribution < -0.4 is 0 Å². The summed E-state index contributed by atoms with van der Waals surface area (Å²) in [4.78, 5) is 17.7. The van der Waals surface area contributed by atoms with Crippen molar-refractivity contribution in [1.82, 2.24) is 9.88 Å². The van der Waals surface area contributed by atoms with E-state index in [2.05, 4.69) is 4.98 Å².